The van der Waals surface area contributed by atoms with Crippen molar-refractivity contribution in [3.05, 3.63) is 0 Å². The largest absolute Gasteiger partial charge is 0.468 e. The first-order valence-electron chi connectivity index (χ1n) is 4.01. The third kappa shape index (κ3) is 4.31. The van der Waals surface area contributed by atoms with Crippen LogP contribution in [-0.4, -0.2) is 51.7 Å². The molecule has 0 amide bonds. The Labute approximate surface area is 73.9 Å². The minimum Gasteiger partial charge on any atom is -0.468 e. The van der Waals surface area contributed by atoms with E-state index in [0.717, 1.165) is 13.0 Å². The molecule has 0 saturated carbocycles. The van der Waals surface area contributed by atoms with E-state index in [1.807, 2.05) is 19.0 Å². The zero-order valence-electron chi connectivity index (χ0n) is 8.26. The summed E-state index contributed by atoms with van der Waals surface area (Å²) in [6.07, 6.45) is 0.774. The van der Waals surface area contributed by atoms with Gasteiger partial charge < -0.3 is 15.0 Å². The van der Waals surface area contributed by atoms with Crippen LogP contribution in [0.2, 0.25) is 0 Å². The van der Waals surface area contributed by atoms with E-state index in [1.165, 1.54) is 7.11 Å². The van der Waals surface area contributed by atoms with Crippen molar-refractivity contribution >= 4 is 5.97 Å². The molecule has 0 aromatic carbocycles. The Balaban J connectivity index is 3.75. The van der Waals surface area contributed by atoms with Gasteiger partial charge in [0.2, 0.25) is 0 Å². The van der Waals surface area contributed by atoms with E-state index in [1.54, 1.807) is 7.05 Å². The van der Waals surface area contributed by atoms with Gasteiger partial charge in [0.1, 0.15) is 6.04 Å². The Morgan fingerprint density at radius 3 is 2.50 bits per heavy atom. The number of carbonyl (C=O) groups is 1. The van der Waals surface area contributed by atoms with Crippen molar-refractivity contribution in [2.75, 3.05) is 34.8 Å². The highest BCUT2D eigenvalue weighted by atomic mass is 16.5. The van der Waals surface area contributed by atoms with E-state index in [-0.39, 0.29) is 12.0 Å². The maximum Gasteiger partial charge on any atom is 0.322 e. The van der Waals surface area contributed by atoms with Crippen molar-refractivity contribution in [2.24, 2.45) is 0 Å². The van der Waals surface area contributed by atoms with Crippen LogP contribution < -0.4 is 5.32 Å². The summed E-state index contributed by atoms with van der Waals surface area (Å²) in [5.41, 5.74) is 0. The van der Waals surface area contributed by atoms with Crippen LogP contribution in [0, 0.1) is 0 Å². The maximum absolute atomic E-state index is 11.1. The summed E-state index contributed by atoms with van der Waals surface area (Å²) in [6.45, 7) is 0.876. The summed E-state index contributed by atoms with van der Waals surface area (Å²) >= 11 is 0. The first-order chi connectivity index (χ1) is 5.61. The van der Waals surface area contributed by atoms with Gasteiger partial charge in [0.25, 0.3) is 0 Å². The molecule has 0 saturated heterocycles. The molecule has 0 aliphatic heterocycles. The van der Waals surface area contributed by atoms with Crippen LogP contribution in [0.1, 0.15) is 6.42 Å². The van der Waals surface area contributed by atoms with Crippen molar-refractivity contribution < 1.29 is 9.53 Å². The molecule has 4 heteroatoms. The minimum absolute atomic E-state index is 0.183. The molecule has 1 unspecified atom stereocenters. The minimum atomic E-state index is -0.195. The number of esters is 1. The molecule has 0 spiro atoms. The van der Waals surface area contributed by atoms with E-state index >= 15 is 0 Å². The number of rotatable bonds is 5. The molecule has 0 aliphatic carbocycles. The summed E-state index contributed by atoms with van der Waals surface area (Å²) in [7, 11) is 7.12. The Bertz CT molecular complexity index is 137. The van der Waals surface area contributed by atoms with Gasteiger partial charge >= 0.3 is 5.97 Å². The Morgan fingerprint density at radius 2 is 2.17 bits per heavy atom. The lowest BCUT2D eigenvalue weighted by Crippen LogP contribution is -2.37. The number of likely N-dealkylation sites (N-methyl/N-ethyl adjacent to an activating group) is 1. The SMILES string of the molecule is CNC(CCN(C)C)C(=O)OC. The number of nitrogens with one attached hydrogen (secondary N) is 1. The fourth-order valence-electron chi connectivity index (χ4n) is 0.910. The van der Waals surface area contributed by atoms with Crippen LogP contribution in [0.3, 0.4) is 0 Å². The van der Waals surface area contributed by atoms with Gasteiger partial charge in [-0.3, -0.25) is 4.79 Å². The van der Waals surface area contributed by atoms with Crippen molar-refractivity contribution in [3.8, 4) is 0 Å². The number of hydrogen-bond acceptors (Lipinski definition) is 4. The highest BCUT2D eigenvalue weighted by Gasteiger charge is 2.15. The van der Waals surface area contributed by atoms with Gasteiger partial charge in [0.15, 0.2) is 0 Å². The smallest absolute Gasteiger partial charge is 0.322 e. The highest BCUT2D eigenvalue weighted by molar-refractivity contribution is 5.75. The van der Waals surface area contributed by atoms with Crippen LogP contribution in [0.15, 0.2) is 0 Å². The monoisotopic (exact) mass is 174 g/mol. The van der Waals surface area contributed by atoms with Gasteiger partial charge in [0, 0.05) is 0 Å². The average Bonchev–Trinajstić information content (AvgIpc) is 2.04. The number of hydrogen-bond donors (Lipinski definition) is 1. The second-order valence-corrected chi connectivity index (χ2v) is 2.96. The molecular weight excluding hydrogens is 156 g/mol. The molecule has 1 N–H and O–H groups in total. The zero-order chi connectivity index (χ0) is 9.56. The standard InChI is InChI=1S/C8H18N2O2/c1-9-7(8(11)12-4)5-6-10(2)3/h7,9H,5-6H2,1-4H3. The lowest BCUT2D eigenvalue weighted by Gasteiger charge is -2.16. The van der Waals surface area contributed by atoms with Crippen LogP contribution in [-0.2, 0) is 9.53 Å². The first kappa shape index (κ1) is 11.4. The van der Waals surface area contributed by atoms with E-state index in [9.17, 15) is 4.79 Å². The lowest BCUT2D eigenvalue weighted by molar-refractivity contribution is -0.143. The molecule has 1 atom stereocenters. The summed E-state index contributed by atoms with van der Waals surface area (Å²) in [5, 5.41) is 2.91. The van der Waals surface area contributed by atoms with Gasteiger partial charge in [0.05, 0.1) is 7.11 Å². The molecule has 4 nitrogen and oxygen atoms in total. The number of nitrogens with zero attached hydrogens (tertiary/aromatic N) is 1. The fourth-order valence-corrected chi connectivity index (χ4v) is 0.910. The number of ether oxygens (including phenoxy) is 1. The molecule has 0 aliphatic rings. The Kier molecular flexibility index (Phi) is 5.66. The van der Waals surface area contributed by atoms with Gasteiger partial charge in [-0.1, -0.05) is 0 Å². The highest BCUT2D eigenvalue weighted by Crippen LogP contribution is 1.94. The Hall–Kier alpha value is -0.610. The summed E-state index contributed by atoms with van der Waals surface area (Å²) < 4.78 is 4.62. The molecule has 0 bridgehead atoms. The van der Waals surface area contributed by atoms with Gasteiger partial charge in [-0.2, -0.15) is 0 Å². The van der Waals surface area contributed by atoms with Crippen molar-refractivity contribution in [3.63, 3.8) is 0 Å². The molecule has 0 heterocycles. The maximum atomic E-state index is 11.1. The quantitative estimate of drug-likeness (QED) is 0.581. The summed E-state index contributed by atoms with van der Waals surface area (Å²) in [6, 6.07) is -0.183. The number of carbonyl (C=O) groups excluding carboxylic acids is 1. The lowest BCUT2D eigenvalue weighted by atomic mass is 10.2. The predicted octanol–water partition coefficient (Wildman–Crippen LogP) is -0.301. The summed E-state index contributed by atoms with van der Waals surface area (Å²) in [4.78, 5) is 13.1. The van der Waals surface area contributed by atoms with E-state index in [4.69, 9.17) is 0 Å². The molecule has 72 valence electrons. The van der Waals surface area contributed by atoms with Gasteiger partial charge in [-0.25, -0.2) is 0 Å². The van der Waals surface area contributed by atoms with Crippen LogP contribution >= 0.6 is 0 Å². The predicted molar refractivity (Wildman–Crippen MR) is 48.0 cm³/mol. The molecule has 0 aromatic rings. The normalized spacial score (nSPS) is 13.1. The summed E-state index contributed by atoms with van der Waals surface area (Å²) in [5.74, 6) is -0.195. The third-order valence-electron chi connectivity index (χ3n) is 1.70. The molecule has 0 fully saturated rings. The third-order valence-corrected chi connectivity index (χ3v) is 1.70. The first-order valence-corrected chi connectivity index (χ1v) is 4.01. The topological polar surface area (TPSA) is 41.6 Å². The van der Waals surface area contributed by atoms with Crippen LogP contribution in [0.5, 0.6) is 0 Å². The van der Waals surface area contributed by atoms with E-state index < -0.39 is 0 Å². The molecule has 0 rings (SSSR count). The molecular formula is C8H18N2O2. The second-order valence-electron chi connectivity index (χ2n) is 2.96. The molecule has 0 radical (unpaired) electrons. The van der Waals surface area contributed by atoms with Gasteiger partial charge in [-0.15, -0.1) is 0 Å². The molecule has 12 heavy (non-hydrogen) atoms. The van der Waals surface area contributed by atoms with Crippen molar-refractivity contribution in [2.45, 2.75) is 12.5 Å². The average molecular weight is 174 g/mol. The van der Waals surface area contributed by atoms with Crippen molar-refractivity contribution in [1.82, 2.24) is 10.2 Å². The van der Waals surface area contributed by atoms with Crippen LogP contribution in [0.25, 0.3) is 0 Å². The van der Waals surface area contributed by atoms with E-state index in [2.05, 4.69) is 10.1 Å². The fraction of sp³-hybridized carbons (Fsp3) is 0.875. The second kappa shape index (κ2) is 5.97. The van der Waals surface area contributed by atoms with Gasteiger partial charge in [-0.05, 0) is 34.1 Å². The van der Waals surface area contributed by atoms with Crippen LogP contribution in [0.4, 0.5) is 0 Å². The van der Waals surface area contributed by atoms with Crippen molar-refractivity contribution in [1.29, 1.82) is 0 Å². The van der Waals surface area contributed by atoms with E-state index in [0.29, 0.717) is 0 Å². The Morgan fingerprint density at radius 1 is 1.58 bits per heavy atom. The molecule has 0 aromatic heterocycles. The number of methoxy groups -OCH3 is 1. The zero-order valence-corrected chi connectivity index (χ0v) is 8.26.